The van der Waals surface area contributed by atoms with Crippen molar-refractivity contribution < 1.29 is 14.2 Å². The Kier molecular flexibility index (Phi) is 6.95. The van der Waals surface area contributed by atoms with Crippen LogP contribution in [0.2, 0.25) is 0 Å². The maximum absolute atomic E-state index is 9.37. The highest BCUT2D eigenvalue weighted by Gasteiger charge is 2.28. The first kappa shape index (κ1) is 18.2. The van der Waals surface area contributed by atoms with Gasteiger partial charge in [-0.2, -0.15) is 5.26 Å². The predicted molar refractivity (Wildman–Crippen MR) is 92.4 cm³/mol. The lowest BCUT2D eigenvalue weighted by Crippen LogP contribution is -2.17. The molecule has 0 aliphatic carbocycles. The third kappa shape index (κ3) is 4.01. The van der Waals surface area contributed by atoms with E-state index in [1.165, 1.54) is 0 Å². The van der Waals surface area contributed by atoms with Crippen molar-refractivity contribution in [3.05, 3.63) is 71.3 Å². The van der Waals surface area contributed by atoms with E-state index < -0.39 is 6.29 Å². The highest BCUT2D eigenvalue weighted by atomic mass is 16.7. The van der Waals surface area contributed by atoms with Gasteiger partial charge in [-0.3, -0.25) is 0 Å². The largest absolute Gasteiger partial charge is 0.376 e. The Balaban J connectivity index is 2.50. The Hall–Kier alpha value is -2.19. The van der Waals surface area contributed by atoms with Crippen LogP contribution in [0.25, 0.3) is 0 Å². The molecule has 0 aliphatic rings. The van der Waals surface area contributed by atoms with Gasteiger partial charge in [0.05, 0.1) is 12.2 Å². The molecule has 0 spiro atoms. The van der Waals surface area contributed by atoms with Crippen LogP contribution in [-0.4, -0.2) is 21.3 Å². The van der Waals surface area contributed by atoms with Crippen molar-refractivity contribution in [3.8, 4) is 6.07 Å². The summed E-state index contributed by atoms with van der Waals surface area (Å²) in [5.41, 5.74) is 2.96. The lowest BCUT2D eigenvalue weighted by atomic mass is 9.84. The predicted octanol–water partition coefficient (Wildman–Crippen LogP) is 4.36. The molecular formula is C20H23NO3. The summed E-state index contributed by atoms with van der Waals surface area (Å²) in [6.45, 7) is 0. The number of benzene rings is 2. The topological polar surface area (TPSA) is 51.5 Å². The zero-order chi connectivity index (χ0) is 17.4. The molecule has 0 aliphatic heterocycles. The van der Waals surface area contributed by atoms with Crippen LogP contribution in [0.5, 0.6) is 0 Å². The minimum Gasteiger partial charge on any atom is -0.376 e. The zero-order valence-electron chi connectivity index (χ0n) is 14.3. The van der Waals surface area contributed by atoms with Crippen LogP contribution in [0.4, 0.5) is 0 Å². The van der Waals surface area contributed by atoms with Gasteiger partial charge in [0.1, 0.15) is 0 Å². The van der Waals surface area contributed by atoms with Crippen molar-refractivity contribution in [1.29, 1.82) is 5.26 Å². The summed E-state index contributed by atoms with van der Waals surface area (Å²) >= 11 is 0. The van der Waals surface area contributed by atoms with Gasteiger partial charge in [0.25, 0.3) is 0 Å². The molecule has 2 aromatic carbocycles. The van der Waals surface area contributed by atoms with Crippen molar-refractivity contribution in [2.45, 2.75) is 24.7 Å². The number of hydrogen-bond donors (Lipinski definition) is 0. The average molecular weight is 325 g/mol. The molecule has 0 heterocycles. The second-order valence-corrected chi connectivity index (χ2v) is 5.47. The van der Waals surface area contributed by atoms with Crippen molar-refractivity contribution in [2.75, 3.05) is 21.3 Å². The summed E-state index contributed by atoms with van der Waals surface area (Å²) in [6, 6.07) is 20.1. The van der Waals surface area contributed by atoms with Crippen LogP contribution in [0.3, 0.4) is 0 Å². The van der Waals surface area contributed by atoms with Crippen molar-refractivity contribution in [2.24, 2.45) is 0 Å². The van der Waals surface area contributed by atoms with Gasteiger partial charge in [-0.15, -0.1) is 0 Å². The van der Waals surface area contributed by atoms with Crippen LogP contribution in [-0.2, 0) is 14.2 Å². The van der Waals surface area contributed by atoms with E-state index in [1.807, 2.05) is 54.6 Å². The molecule has 0 bridgehead atoms. The molecular weight excluding hydrogens is 302 g/mol. The molecule has 0 amide bonds. The highest BCUT2D eigenvalue weighted by molar-refractivity contribution is 5.35. The van der Waals surface area contributed by atoms with Crippen LogP contribution in [0, 0.1) is 11.3 Å². The summed E-state index contributed by atoms with van der Waals surface area (Å²) in [7, 11) is 4.89. The van der Waals surface area contributed by atoms with E-state index in [0.29, 0.717) is 6.42 Å². The molecule has 0 N–H and O–H groups in total. The van der Waals surface area contributed by atoms with Gasteiger partial charge < -0.3 is 14.2 Å². The maximum atomic E-state index is 9.37. The zero-order valence-corrected chi connectivity index (χ0v) is 14.3. The molecule has 2 unspecified atom stereocenters. The minimum atomic E-state index is -0.476. The van der Waals surface area contributed by atoms with E-state index in [0.717, 1.165) is 16.7 Å². The number of hydrogen-bond acceptors (Lipinski definition) is 4. The summed E-state index contributed by atoms with van der Waals surface area (Å²) < 4.78 is 16.6. The third-order valence-electron chi connectivity index (χ3n) is 4.14. The standard InChI is InChI=1S/C20H23NO3/c1-22-19(15-9-5-4-6-10-15)17(13-14-21)16-11-7-8-12-18(16)20(23-2)24-3/h4-12,17,19-20H,13H2,1-3H3. The second-order valence-electron chi connectivity index (χ2n) is 5.47. The Morgan fingerprint density at radius 3 is 1.96 bits per heavy atom. The third-order valence-corrected chi connectivity index (χ3v) is 4.14. The molecule has 4 heteroatoms. The van der Waals surface area contributed by atoms with Gasteiger partial charge in [0.15, 0.2) is 6.29 Å². The molecule has 2 rings (SSSR count). The van der Waals surface area contributed by atoms with Gasteiger partial charge in [-0.05, 0) is 11.1 Å². The molecule has 0 saturated heterocycles. The number of nitrogens with zero attached hydrogens (tertiary/aromatic N) is 1. The van der Waals surface area contributed by atoms with Crippen LogP contribution in [0.1, 0.15) is 41.4 Å². The summed E-state index contributed by atoms with van der Waals surface area (Å²) in [4.78, 5) is 0. The number of methoxy groups -OCH3 is 3. The number of ether oxygens (including phenoxy) is 3. The fourth-order valence-corrected chi connectivity index (χ4v) is 3.07. The van der Waals surface area contributed by atoms with E-state index in [-0.39, 0.29) is 12.0 Å². The normalized spacial score (nSPS) is 13.5. The molecule has 0 aromatic heterocycles. The Labute approximate surface area is 143 Å². The van der Waals surface area contributed by atoms with E-state index in [9.17, 15) is 5.26 Å². The average Bonchev–Trinajstić information content (AvgIpc) is 2.64. The maximum Gasteiger partial charge on any atom is 0.183 e. The van der Waals surface area contributed by atoms with E-state index in [2.05, 4.69) is 6.07 Å². The minimum absolute atomic E-state index is 0.119. The van der Waals surface area contributed by atoms with Gasteiger partial charge in [-0.1, -0.05) is 54.6 Å². The first-order valence-corrected chi connectivity index (χ1v) is 7.85. The Morgan fingerprint density at radius 1 is 0.833 bits per heavy atom. The SMILES string of the molecule is COC(OC)c1ccccc1C(CC#N)C(OC)c1ccccc1. The van der Waals surface area contributed by atoms with Crippen molar-refractivity contribution in [1.82, 2.24) is 0 Å². The second kappa shape index (κ2) is 9.19. The van der Waals surface area contributed by atoms with Crippen LogP contribution in [0.15, 0.2) is 54.6 Å². The quantitative estimate of drug-likeness (QED) is 0.677. The smallest absolute Gasteiger partial charge is 0.183 e. The van der Waals surface area contributed by atoms with E-state index in [1.54, 1.807) is 21.3 Å². The monoisotopic (exact) mass is 325 g/mol. The lowest BCUT2D eigenvalue weighted by Gasteiger charge is -2.28. The Morgan fingerprint density at radius 2 is 1.42 bits per heavy atom. The van der Waals surface area contributed by atoms with Gasteiger partial charge >= 0.3 is 0 Å². The Bertz CT molecular complexity index is 662. The summed E-state index contributed by atoms with van der Waals surface area (Å²) in [5.74, 6) is -0.119. The number of nitriles is 1. The lowest BCUT2D eigenvalue weighted by molar-refractivity contribution is -0.106. The molecule has 0 saturated carbocycles. The van der Waals surface area contributed by atoms with Crippen molar-refractivity contribution >= 4 is 0 Å². The fraction of sp³-hybridized carbons (Fsp3) is 0.350. The van der Waals surface area contributed by atoms with Crippen molar-refractivity contribution in [3.63, 3.8) is 0 Å². The van der Waals surface area contributed by atoms with Crippen LogP contribution >= 0.6 is 0 Å². The number of rotatable bonds is 8. The summed E-state index contributed by atoms with van der Waals surface area (Å²) in [5, 5.41) is 9.37. The molecule has 4 nitrogen and oxygen atoms in total. The van der Waals surface area contributed by atoms with E-state index >= 15 is 0 Å². The van der Waals surface area contributed by atoms with Gasteiger partial charge in [-0.25, -0.2) is 0 Å². The van der Waals surface area contributed by atoms with Crippen LogP contribution < -0.4 is 0 Å². The fourth-order valence-electron chi connectivity index (χ4n) is 3.07. The molecule has 2 atom stereocenters. The molecule has 24 heavy (non-hydrogen) atoms. The first-order valence-electron chi connectivity index (χ1n) is 7.85. The molecule has 126 valence electrons. The highest BCUT2D eigenvalue weighted by Crippen LogP contribution is 2.39. The molecule has 0 fully saturated rings. The van der Waals surface area contributed by atoms with Gasteiger partial charge in [0.2, 0.25) is 0 Å². The summed E-state index contributed by atoms with van der Waals surface area (Å²) in [6.07, 6.45) is -0.359. The van der Waals surface area contributed by atoms with E-state index in [4.69, 9.17) is 14.2 Å². The molecule has 2 aromatic rings. The molecule has 0 radical (unpaired) electrons. The van der Waals surface area contributed by atoms with Gasteiger partial charge in [0, 0.05) is 39.2 Å². The first-order chi connectivity index (χ1) is 11.8.